The Hall–Kier alpha value is -3.20. The number of pyridine rings is 1. The summed E-state index contributed by atoms with van der Waals surface area (Å²) in [6.07, 6.45) is 1.73. The Morgan fingerprint density at radius 2 is 1.90 bits per heavy atom. The van der Waals surface area contributed by atoms with Gasteiger partial charge in [0.2, 0.25) is 5.88 Å². The predicted molar refractivity (Wildman–Crippen MR) is 120 cm³/mol. The molecule has 1 aliphatic heterocycles. The molecule has 0 unspecified atom stereocenters. The molecule has 1 amide bonds. The molecule has 0 bridgehead atoms. The largest absolute Gasteiger partial charge is 0.478 e. The minimum Gasteiger partial charge on any atom is -0.478 e. The zero-order valence-electron chi connectivity index (χ0n) is 18.7. The van der Waals surface area contributed by atoms with Crippen molar-refractivity contribution in [3.63, 3.8) is 0 Å². The summed E-state index contributed by atoms with van der Waals surface area (Å²) >= 11 is 0. The van der Waals surface area contributed by atoms with Crippen LogP contribution in [0.3, 0.4) is 0 Å². The summed E-state index contributed by atoms with van der Waals surface area (Å²) in [6.45, 7) is 10.5. The lowest BCUT2D eigenvalue weighted by molar-refractivity contribution is 0.102. The number of imidazole rings is 1. The monoisotopic (exact) mass is 423 g/mol. The molecule has 0 aliphatic carbocycles. The minimum atomic E-state index is -0.264. The van der Waals surface area contributed by atoms with Gasteiger partial charge in [-0.25, -0.2) is 4.98 Å². The number of fused-ring (bicyclic) bond motifs is 1. The van der Waals surface area contributed by atoms with Gasteiger partial charge in [0.1, 0.15) is 11.3 Å². The van der Waals surface area contributed by atoms with Gasteiger partial charge in [-0.1, -0.05) is 0 Å². The van der Waals surface area contributed by atoms with E-state index in [4.69, 9.17) is 4.74 Å². The average Bonchev–Trinajstić information content (AvgIpc) is 3.07. The summed E-state index contributed by atoms with van der Waals surface area (Å²) in [7, 11) is 2.15. The second kappa shape index (κ2) is 8.50. The van der Waals surface area contributed by atoms with Gasteiger partial charge in [0.15, 0.2) is 11.6 Å². The molecule has 1 N–H and O–H groups in total. The van der Waals surface area contributed by atoms with E-state index in [-0.39, 0.29) is 5.91 Å². The summed E-state index contributed by atoms with van der Waals surface area (Å²) in [5.41, 5.74) is 2.00. The summed E-state index contributed by atoms with van der Waals surface area (Å²) < 4.78 is 7.46. The Labute approximate surface area is 182 Å². The number of rotatable bonds is 5. The minimum absolute atomic E-state index is 0.264. The molecule has 0 radical (unpaired) electrons. The Morgan fingerprint density at radius 3 is 2.55 bits per heavy atom. The van der Waals surface area contributed by atoms with E-state index in [1.54, 1.807) is 28.8 Å². The first kappa shape index (κ1) is 21.0. The van der Waals surface area contributed by atoms with E-state index in [1.807, 2.05) is 19.9 Å². The fourth-order valence-corrected chi connectivity index (χ4v) is 3.93. The van der Waals surface area contributed by atoms with E-state index in [0.717, 1.165) is 30.2 Å². The summed E-state index contributed by atoms with van der Waals surface area (Å²) in [5.74, 6) is 1.61. The molecule has 1 aliphatic rings. The second-order valence-corrected chi connectivity index (χ2v) is 8.08. The number of ether oxygens (including phenoxy) is 1. The molecule has 31 heavy (non-hydrogen) atoms. The van der Waals surface area contributed by atoms with Crippen LogP contribution in [0.4, 0.5) is 11.6 Å². The average molecular weight is 424 g/mol. The van der Waals surface area contributed by atoms with Crippen molar-refractivity contribution in [2.45, 2.75) is 39.8 Å². The van der Waals surface area contributed by atoms with Crippen molar-refractivity contribution in [3.05, 3.63) is 41.7 Å². The van der Waals surface area contributed by atoms with Gasteiger partial charge < -0.3 is 15.0 Å². The van der Waals surface area contributed by atoms with Crippen LogP contribution in [-0.4, -0.2) is 69.2 Å². The maximum absolute atomic E-state index is 12.8. The van der Waals surface area contributed by atoms with E-state index in [0.29, 0.717) is 36.0 Å². The van der Waals surface area contributed by atoms with Crippen LogP contribution in [0.1, 0.15) is 36.8 Å². The highest BCUT2D eigenvalue weighted by molar-refractivity contribution is 6.03. The van der Waals surface area contributed by atoms with Crippen LogP contribution in [0.15, 0.2) is 30.5 Å². The van der Waals surface area contributed by atoms with Crippen LogP contribution < -0.4 is 15.0 Å². The third-order valence-electron chi connectivity index (χ3n) is 5.86. The van der Waals surface area contributed by atoms with Gasteiger partial charge >= 0.3 is 0 Å². The van der Waals surface area contributed by atoms with Crippen LogP contribution >= 0.6 is 0 Å². The molecule has 164 valence electrons. The molecule has 0 spiro atoms. The summed E-state index contributed by atoms with van der Waals surface area (Å²) in [5, 5.41) is 11.4. The number of nitrogens with zero attached hydrogens (tertiary/aromatic N) is 6. The molecule has 9 nitrogen and oxygen atoms in total. The summed E-state index contributed by atoms with van der Waals surface area (Å²) in [4.78, 5) is 21.8. The standard InChI is InChI=1S/C22H29N7O2/c1-6-31-22-16(4)23-19-9-7-17(13-29(19)22)21(30)24-18-8-10-20(26-25-18)28-11-14(2)27(5)15(3)12-28/h7-10,13-15H,6,11-12H2,1-5H3,(H,24,25,30)/t14-,15+. The van der Waals surface area contributed by atoms with Crippen molar-refractivity contribution in [1.82, 2.24) is 24.5 Å². The molecule has 3 aromatic heterocycles. The quantitative estimate of drug-likeness (QED) is 0.675. The van der Waals surface area contributed by atoms with Crippen LogP contribution in [0.2, 0.25) is 0 Å². The van der Waals surface area contributed by atoms with E-state index >= 15 is 0 Å². The fourth-order valence-electron chi connectivity index (χ4n) is 3.93. The number of aryl methyl sites for hydroxylation is 1. The Balaban J connectivity index is 1.48. The molecule has 9 heteroatoms. The topological polar surface area (TPSA) is 87.9 Å². The molecule has 1 saturated heterocycles. The third-order valence-corrected chi connectivity index (χ3v) is 5.86. The fraction of sp³-hybridized carbons (Fsp3) is 0.455. The van der Waals surface area contributed by atoms with Crippen LogP contribution in [0.5, 0.6) is 5.88 Å². The smallest absolute Gasteiger partial charge is 0.258 e. The number of carbonyl (C=O) groups is 1. The van der Waals surface area contributed by atoms with Crippen LogP contribution in [0.25, 0.3) is 5.65 Å². The SMILES string of the molecule is CCOc1c(C)nc2ccc(C(=O)Nc3ccc(N4C[C@@H](C)N(C)[C@@H](C)C4)nn3)cn12. The number of nitrogens with one attached hydrogen (secondary N) is 1. The van der Waals surface area contributed by atoms with E-state index in [2.05, 4.69) is 51.2 Å². The highest BCUT2D eigenvalue weighted by Crippen LogP contribution is 2.22. The van der Waals surface area contributed by atoms with Gasteiger partial charge in [0, 0.05) is 31.4 Å². The molecular formula is C22H29N7O2. The normalized spacial score (nSPS) is 19.6. The summed E-state index contributed by atoms with van der Waals surface area (Å²) in [6, 6.07) is 8.11. The first-order valence-corrected chi connectivity index (χ1v) is 10.6. The number of piperazine rings is 1. The lowest BCUT2D eigenvalue weighted by atomic mass is 10.1. The van der Waals surface area contributed by atoms with Crippen molar-refractivity contribution in [3.8, 4) is 5.88 Å². The lowest BCUT2D eigenvalue weighted by Crippen LogP contribution is -2.55. The Bertz CT molecular complexity index is 1070. The van der Waals surface area contributed by atoms with Crippen molar-refractivity contribution < 1.29 is 9.53 Å². The van der Waals surface area contributed by atoms with Gasteiger partial charge in [-0.15, -0.1) is 10.2 Å². The number of carbonyl (C=O) groups excluding carboxylic acids is 1. The molecule has 1 fully saturated rings. The van der Waals surface area contributed by atoms with Gasteiger partial charge in [-0.05, 0) is 59.0 Å². The van der Waals surface area contributed by atoms with Gasteiger partial charge in [0.25, 0.3) is 5.91 Å². The predicted octanol–water partition coefficient (Wildman–Crippen LogP) is 2.61. The molecule has 3 aromatic rings. The zero-order valence-corrected chi connectivity index (χ0v) is 18.7. The number of likely N-dealkylation sites (N-methyl/N-ethyl adjacent to an activating group) is 1. The molecule has 0 aromatic carbocycles. The van der Waals surface area contributed by atoms with Crippen molar-refractivity contribution >= 4 is 23.2 Å². The second-order valence-electron chi connectivity index (χ2n) is 8.08. The first-order chi connectivity index (χ1) is 14.9. The number of hydrogen-bond acceptors (Lipinski definition) is 7. The first-order valence-electron chi connectivity index (χ1n) is 10.6. The molecule has 2 atom stereocenters. The lowest BCUT2D eigenvalue weighted by Gasteiger charge is -2.42. The Kier molecular flexibility index (Phi) is 5.77. The number of anilines is 2. The van der Waals surface area contributed by atoms with E-state index in [1.165, 1.54) is 0 Å². The number of aromatic nitrogens is 4. The van der Waals surface area contributed by atoms with E-state index < -0.39 is 0 Å². The molecule has 4 rings (SSSR count). The highest BCUT2D eigenvalue weighted by atomic mass is 16.5. The number of hydrogen-bond donors (Lipinski definition) is 1. The van der Waals surface area contributed by atoms with E-state index in [9.17, 15) is 4.79 Å². The van der Waals surface area contributed by atoms with Gasteiger partial charge in [0.05, 0.1) is 12.2 Å². The highest BCUT2D eigenvalue weighted by Gasteiger charge is 2.27. The number of amides is 1. The van der Waals surface area contributed by atoms with Crippen molar-refractivity contribution in [2.24, 2.45) is 0 Å². The molecule has 4 heterocycles. The zero-order chi connectivity index (χ0) is 22.1. The van der Waals surface area contributed by atoms with Crippen LogP contribution in [0, 0.1) is 6.92 Å². The van der Waals surface area contributed by atoms with Gasteiger partial charge in [-0.3, -0.25) is 14.1 Å². The molecular weight excluding hydrogens is 394 g/mol. The van der Waals surface area contributed by atoms with Crippen molar-refractivity contribution in [2.75, 3.05) is 37.0 Å². The third kappa shape index (κ3) is 4.18. The maximum atomic E-state index is 12.8. The maximum Gasteiger partial charge on any atom is 0.258 e. The van der Waals surface area contributed by atoms with Crippen molar-refractivity contribution in [1.29, 1.82) is 0 Å². The Morgan fingerprint density at radius 1 is 1.16 bits per heavy atom. The molecule has 0 saturated carbocycles. The van der Waals surface area contributed by atoms with Crippen LogP contribution in [-0.2, 0) is 0 Å². The van der Waals surface area contributed by atoms with Gasteiger partial charge in [-0.2, -0.15) is 0 Å².